The van der Waals surface area contributed by atoms with Crippen molar-refractivity contribution in [2.45, 2.75) is 26.4 Å². The molecule has 5 nitrogen and oxygen atoms in total. The number of hydrogen-bond donors (Lipinski definition) is 1. The Morgan fingerprint density at radius 1 is 1.47 bits per heavy atom. The molecule has 104 valence electrons. The van der Waals surface area contributed by atoms with Crippen LogP contribution in [0.1, 0.15) is 30.0 Å². The van der Waals surface area contributed by atoms with E-state index in [0.29, 0.717) is 0 Å². The quantitative estimate of drug-likeness (QED) is 0.897. The van der Waals surface area contributed by atoms with Gasteiger partial charge in [-0.2, -0.15) is 5.10 Å². The Labute approximate surface area is 114 Å². The lowest BCUT2D eigenvalue weighted by Gasteiger charge is -2.17. The molecule has 0 saturated heterocycles. The van der Waals surface area contributed by atoms with Crippen LogP contribution in [0.15, 0.2) is 22.8 Å². The Bertz CT molecular complexity index is 528. The Morgan fingerprint density at radius 3 is 2.79 bits per heavy atom. The Hall–Kier alpha value is -1.75. The number of nitrogens with zero attached hydrogens (tertiary/aromatic N) is 3. The molecule has 2 aromatic rings. The van der Waals surface area contributed by atoms with E-state index < -0.39 is 0 Å². The Balaban J connectivity index is 2.11. The predicted molar refractivity (Wildman–Crippen MR) is 76.2 cm³/mol. The first-order valence-corrected chi connectivity index (χ1v) is 6.47. The van der Waals surface area contributed by atoms with Crippen molar-refractivity contribution in [3.05, 3.63) is 35.4 Å². The third kappa shape index (κ3) is 2.81. The first kappa shape index (κ1) is 13.7. The van der Waals surface area contributed by atoms with Gasteiger partial charge in [0.2, 0.25) is 0 Å². The molecule has 0 fully saturated rings. The maximum Gasteiger partial charge on any atom is 0.130 e. The highest BCUT2D eigenvalue weighted by Crippen LogP contribution is 2.22. The van der Waals surface area contributed by atoms with E-state index >= 15 is 0 Å². The lowest BCUT2D eigenvalue weighted by atomic mass is 10.2. The van der Waals surface area contributed by atoms with Crippen LogP contribution in [0, 0.1) is 6.92 Å². The van der Waals surface area contributed by atoms with Crippen molar-refractivity contribution >= 4 is 5.82 Å². The molecular weight excluding hydrogens is 240 g/mol. The van der Waals surface area contributed by atoms with E-state index in [9.17, 15) is 0 Å². The minimum absolute atomic E-state index is 0.185. The van der Waals surface area contributed by atoms with Crippen molar-refractivity contribution in [1.82, 2.24) is 15.1 Å². The van der Waals surface area contributed by atoms with Gasteiger partial charge in [0.15, 0.2) is 0 Å². The van der Waals surface area contributed by atoms with Gasteiger partial charge in [-0.15, -0.1) is 0 Å². The normalized spacial score (nSPS) is 12.7. The van der Waals surface area contributed by atoms with Gasteiger partial charge in [-0.05, 0) is 26.0 Å². The van der Waals surface area contributed by atoms with Crippen LogP contribution in [0.2, 0.25) is 0 Å². The lowest BCUT2D eigenvalue weighted by molar-refractivity contribution is 0.430. The molecule has 2 aromatic heterocycles. The first-order valence-electron chi connectivity index (χ1n) is 6.47. The van der Waals surface area contributed by atoms with Crippen LogP contribution in [-0.2, 0) is 13.6 Å². The molecule has 5 heteroatoms. The molecule has 2 rings (SSSR count). The largest absolute Gasteiger partial charge is 0.468 e. The van der Waals surface area contributed by atoms with E-state index in [0.717, 1.165) is 23.8 Å². The molecule has 0 amide bonds. The molecule has 0 aliphatic carbocycles. The van der Waals surface area contributed by atoms with Gasteiger partial charge in [0.05, 0.1) is 18.0 Å². The van der Waals surface area contributed by atoms with Crippen LogP contribution < -0.4 is 10.2 Å². The van der Waals surface area contributed by atoms with Crippen LogP contribution in [-0.4, -0.2) is 23.9 Å². The zero-order chi connectivity index (χ0) is 14.0. The molecule has 0 aliphatic rings. The second-order valence-corrected chi connectivity index (χ2v) is 5.02. The summed E-state index contributed by atoms with van der Waals surface area (Å²) >= 11 is 0. The molecule has 2 heterocycles. The summed E-state index contributed by atoms with van der Waals surface area (Å²) in [5.74, 6) is 2.09. The second-order valence-electron chi connectivity index (χ2n) is 5.02. The summed E-state index contributed by atoms with van der Waals surface area (Å²) < 4.78 is 7.32. The summed E-state index contributed by atoms with van der Waals surface area (Å²) in [7, 11) is 6.05. The number of rotatable bonds is 5. The molecule has 0 aromatic carbocycles. The lowest BCUT2D eigenvalue weighted by Crippen LogP contribution is -2.21. The maximum absolute atomic E-state index is 5.40. The van der Waals surface area contributed by atoms with E-state index in [1.165, 1.54) is 5.56 Å². The smallest absolute Gasteiger partial charge is 0.130 e. The molecule has 0 saturated carbocycles. The summed E-state index contributed by atoms with van der Waals surface area (Å²) in [6, 6.07) is 4.08. The van der Waals surface area contributed by atoms with Crippen LogP contribution >= 0.6 is 0 Å². The average Bonchev–Trinajstić information content (AvgIpc) is 2.94. The van der Waals surface area contributed by atoms with E-state index in [1.54, 1.807) is 6.26 Å². The van der Waals surface area contributed by atoms with Crippen molar-refractivity contribution in [2.24, 2.45) is 7.05 Å². The van der Waals surface area contributed by atoms with Crippen molar-refractivity contribution in [1.29, 1.82) is 0 Å². The average molecular weight is 262 g/mol. The SMILES string of the molecule is Cc1nn(C)c(N(C)C)c1CN[C@@H](C)c1ccco1. The highest BCUT2D eigenvalue weighted by atomic mass is 16.3. The summed E-state index contributed by atoms with van der Waals surface area (Å²) in [6.07, 6.45) is 1.70. The fourth-order valence-corrected chi connectivity index (χ4v) is 2.35. The van der Waals surface area contributed by atoms with Gasteiger partial charge in [0.1, 0.15) is 11.6 Å². The van der Waals surface area contributed by atoms with Gasteiger partial charge in [0, 0.05) is 33.3 Å². The van der Waals surface area contributed by atoms with Gasteiger partial charge in [0.25, 0.3) is 0 Å². The fourth-order valence-electron chi connectivity index (χ4n) is 2.35. The first-order chi connectivity index (χ1) is 9.00. The van der Waals surface area contributed by atoms with Crippen LogP contribution in [0.4, 0.5) is 5.82 Å². The number of nitrogens with one attached hydrogen (secondary N) is 1. The monoisotopic (exact) mass is 262 g/mol. The zero-order valence-corrected chi connectivity index (χ0v) is 12.3. The van der Waals surface area contributed by atoms with E-state index in [-0.39, 0.29) is 6.04 Å². The third-order valence-corrected chi connectivity index (χ3v) is 3.29. The van der Waals surface area contributed by atoms with E-state index in [4.69, 9.17) is 4.42 Å². The van der Waals surface area contributed by atoms with Crippen LogP contribution in [0.25, 0.3) is 0 Å². The number of aryl methyl sites for hydroxylation is 2. The van der Waals surface area contributed by atoms with Crippen LogP contribution in [0.3, 0.4) is 0 Å². The molecule has 1 N–H and O–H groups in total. The fraction of sp³-hybridized carbons (Fsp3) is 0.500. The zero-order valence-electron chi connectivity index (χ0n) is 12.3. The van der Waals surface area contributed by atoms with Crippen molar-refractivity contribution < 1.29 is 4.42 Å². The highest BCUT2D eigenvalue weighted by molar-refractivity contribution is 5.48. The minimum Gasteiger partial charge on any atom is -0.468 e. The standard InChI is InChI=1S/C14H22N4O/c1-10-12(14(17(3)4)18(5)16-10)9-15-11(2)13-7-6-8-19-13/h6-8,11,15H,9H2,1-5H3/t11-/m0/s1. The summed E-state index contributed by atoms with van der Waals surface area (Å²) in [6.45, 7) is 4.91. The molecule has 0 bridgehead atoms. The molecule has 19 heavy (non-hydrogen) atoms. The van der Waals surface area contributed by atoms with Crippen molar-refractivity contribution in [2.75, 3.05) is 19.0 Å². The van der Waals surface area contributed by atoms with Gasteiger partial charge in [-0.3, -0.25) is 4.68 Å². The number of hydrogen-bond acceptors (Lipinski definition) is 4. The summed E-state index contributed by atoms with van der Waals surface area (Å²) in [4.78, 5) is 2.09. The van der Waals surface area contributed by atoms with Crippen molar-refractivity contribution in [3.63, 3.8) is 0 Å². The van der Waals surface area contributed by atoms with Gasteiger partial charge in [-0.25, -0.2) is 0 Å². The second kappa shape index (κ2) is 5.48. The minimum atomic E-state index is 0.185. The molecule has 0 radical (unpaired) electrons. The van der Waals surface area contributed by atoms with Crippen LogP contribution in [0.5, 0.6) is 0 Å². The summed E-state index contributed by atoms with van der Waals surface area (Å²) in [5, 5.41) is 7.96. The topological polar surface area (TPSA) is 46.2 Å². The highest BCUT2D eigenvalue weighted by Gasteiger charge is 2.16. The van der Waals surface area contributed by atoms with Crippen molar-refractivity contribution in [3.8, 4) is 0 Å². The Kier molecular flexibility index (Phi) is 3.95. The number of anilines is 1. The molecule has 0 aliphatic heterocycles. The molecule has 0 spiro atoms. The number of furan rings is 1. The van der Waals surface area contributed by atoms with Gasteiger partial charge < -0.3 is 14.6 Å². The van der Waals surface area contributed by atoms with Gasteiger partial charge in [-0.1, -0.05) is 0 Å². The maximum atomic E-state index is 5.40. The Morgan fingerprint density at radius 2 is 2.21 bits per heavy atom. The molecule has 1 atom stereocenters. The molecule has 0 unspecified atom stereocenters. The predicted octanol–water partition coefficient (Wildman–Crippen LogP) is 2.24. The van der Waals surface area contributed by atoms with E-state index in [1.807, 2.05) is 44.9 Å². The van der Waals surface area contributed by atoms with E-state index in [2.05, 4.69) is 22.2 Å². The third-order valence-electron chi connectivity index (χ3n) is 3.29. The molecular formula is C14H22N4O. The number of aromatic nitrogens is 2. The van der Waals surface area contributed by atoms with Gasteiger partial charge >= 0.3 is 0 Å². The summed E-state index contributed by atoms with van der Waals surface area (Å²) in [5.41, 5.74) is 2.29.